The number of thioether (sulfide) groups is 1. The highest BCUT2D eigenvalue weighted by Crippen LogP contribution is 2.19. The van der Waals surface area contributed by atoms with Gasteiger partial charge in [0.05, 0.1) is 12.8 Å². The van der Waals surface area contributed by atoms with Crippen molar-refractivity contribution in [3.63, 3.8) is 0 Å². The summed E-state index contributed by atoms with van der Waals surface area (Å²) in [5, 5.41) is 0. The van der Waals surface area contributed by atoms with Gasteiger partial charge in [0.15, 0.2) is 0 Å². The zero-order valence-corrected chi connectivity index (χ0v) is 9.93. The summed E-state index contributed by atoms with van der Waals surface area (Å²) in [6.45, 7) is 4.92. The minimum Gasteiger partial charge on any atom is -0.468 e. The number of rotatable bonds is 3. The third-order valence-corrected chi connectivity index (χ3v) is 4.00. The molecule has 84 valence electrons. The van der Waals surface area contributed by atoms with E-state index in [1.54, 1.807) is 6.26 Å². The maximum absolute atomic E-state index is 5.55. The van der Waals surface area contributed by atoms with Crippen molar-refractivity contribution in [2.24, 2.45) is 5.73 Å². The van der Waals surface area contributed by atoms with Gasteiger partial charge in [-0.25, -0.2) is 0 Å². The maximum atomic E-state index is 5.55. The quantitative estimate of drug-likeness (QED) is 0.851. The lowest BCUT2D eigenvalue weighted by Gasteiger charge is -2.32. The molecule has 1 aromatic heterocycles. The lowest BCUT2D eigenvalue weighted by Crippen LogP contribution is -2.39. The Hall–Kier alpha value is -0.450. The molecule has 1 fully saturated rings. The standard InChI is InChI=1S/C11H18N2OS/c1-9-8-15-3-2-13(9)6-11-4-10(5-12)7-14-11/h4,7,9H,2-3,5-6,8,12H2,1H3. The first-order valence-corrected chi connectivity index (χ1v) is 6.53. The summed E-state index contributed by atoms with van der Waals surface area (Å²) < 4.78 is 5.48. The number of nitrogens with two attached hydrogens (primary N) is 1. The van der Waals surface area contributed by atoms with Crippen molar-refractivity contribution in [3.8, 4) is 0 Å². The molecule has 1 unspecified atom stereocenters. The lowest BCUT2D eigenvalue weighted by molar-refractivity contribution is 0.206. The zero-order chi connectivity index (χ0) is 10.7. The molecule has 15 heavy (non-hydrogen) atoms. The second-order valence-electron chi connectivity index (χ2n) is 4.02. The van der Waals surface area contributed by atoms with Crippen LogP contribution in [0, 0.1) is 0 Å². The molecular weight excluding hydrogens is 208 g/mol. The minimum absolute atomic E-state index is 0.564. The summed E-state index contributed by atoms with van der Waals surface area (Å²) in [6.07, 6.45) is 1.76. The van der Waals surface area contributed by atoms with Crippen LogP contribution in [0.5, 0.6) is 0 Å². The van der Waals surface area contributed by atoms with Crippen molar-refractivity contribution in [2.45, 2.75) is 26.1 Å². The smallest absolute Gasteiger partial charge is 0.118 e. The molecule has 2 heterocycles. The van der Waals surface area contributed by atoms with Crippen LogP contribution >= 0.6 is 11.8 Å². The second kappa shape index (κ2) is 5.05. The van der Waals surface area contributed by atoms with Crippen LogP contribution in [0.2, 0.25) is 0 Å². The fourth-order valence-electron chi connectivity index (χ4n) is 1.81. The van der Waals surface area contributed by atoms with Gasteiger partial charge in [0, 0.05) is 36.2 Å². The molecule has 4 heteroatoms. The molecule has 0 bridgehead atoms. The van der Waals surface area contributed by atoms with Crippen LogP contribution < -0.4 is 5.73 Å². The monoisotopic (exact) mass is 226 g/mol. The molecule has 1 aliphatic rings. The Balaban J connectivity index is 1.95. The summed E-state index contributed by atoms with van der Waals surface area (Å²) in [5.74, 6) is 3.49. The molecule has 0 radical (unpaired) electrons. The van der Waals surface area contributed by atoms with E-state index in [4.69, 9.17) is 10.2 Å². The van der Waals surface area contributed by atoms with Gasteiger partial charge in [-0.1, -0.05) is 0 Å². The summed E-state index contributed by atoms with van der Waals surface area (Å²) in [6, 6.07) is 2.71. The third kappa shape index (κ3) is 2.77. The van der Waals surface area contributed by atoms with Crippen molar-refractivity contribution >= 4 is 11.8 Å². The summed E-state index contributed by atoms with van der Waals surface area (Å²) in [4.78, 5) is 2.47. The van der Waals surface area contributed by atoms with E-state index in [0.717, 1.165) is 24.4 Å². The normalized spacial score (nSPS) is 23.2. The Bertz CT molecular complexity index is 313. The molecule has 0 aliphatic carbocycles. The van der Waals surface area contributed by atoms with Crippen LogP contribution in [0.1, 0.15) is 18.2 Å². The summed E-state index contributed by atoms with van der Waals surface area (Å²) in [5.41, 5.74) is 6.63. The van der Waals surface area contributed by atoms with Crippen LogP contribution in [-0.2, 0) is 13.1 Å². The molecule has 2 rings (SSSR count). The van der Waals surface area contributed by atoms with E-state index in [-0.39, 0.29) is 0 Å². The van der Waals surface area contributed by atoms with Crippen LogP contribution in [-0.4, -0.2) is 29.0 Å². The van der Waals surface area contributed by atoms with Gasteiger partial charge < -0.3 is 10.2 Å². The van der Waals surface area contributed by atoms with Crippen molar-refractivity contribution in [3.05, 3.63) is 23.7 Å². The van der Waals surface area contributed by atoms with Crippen LogP contribution in [0.25, 0.3) is 0 Å². The molecular formula is C11H18N2OS. The molecule has 0 aromatic carbocycles. The van der Waals surface area contributed by atoms with E-state index in [1.807, 2.05) is 11.8 Å². The summed E-state index contributed by atoms with van der Waals surface area (Å²) >= 11 is 2.03. The highest BCUT2D eigenvalue weighted by Gasteiger charge is 2.19. The fraction of sp³-hybridized carbons (Fsp3) is 0.636. The van der Waals surface area contributed by atoms with Gasteiger partial charge in [0.25, 0.3) is 0 Å². The lowest BCUT2D eigenvalue weighted by atomic mass is 10.2. The minimum atomic E-state index is 0.564. The molecule has 1 saturated heterocycles. The predicted molar refractivity (Wildman–Crippen MR) is 63.8 cm³/mol. The molecule has 0 saturated carbocycles. The van der Waals surface area contributed by atoms with E-state index >= 15 is 0 Å². The molecule has 0 spiro atoms. The topological polar surface area (TPSA) is 42.4 Å². The Morgan fingerprint density at radius 3 is 3.20 bits per heavy atom. The van der Waals surface area contributed by atoms with Gasteiger partial charge in [0.2, 0.25) is 0 Å². The average Bonchev–Trinajstić information content (AvgIpc) is 2.69. The van der Waals surface area contributed by atoms with E-state index in [1.165, 1.54) is 11.5 Å². The van der Waals surface area contributed by atoms with Gasteiger partial charge in [0.1, 0.15) is 5.76 Å². The van der Waals surface area contributed by atoms with Gasteiger partial charge in [-0.15, -0.1) is 0 Å². The average molecular weight is 226 g/mol. The number of furan rings is 1. The molecule has 2 N–H and O–H groups in total. The van der Waals surface area contributed by atoms with Crippen LogP contribution in [0.3, 0.4) is 0 Å². The number of hydrogen-bond acceptors (Lipinski definition) is 4. The van der Waals surface area contributed by atoms with Gasteiger partial charge >= 0.3 is 0 Å². The molecule has 1 atom stereocenters. The van der Waals surface area contributed by atoms with Gasteiger partial charge in [-0.2, -0.15) is 11.8 Å². The van der Waals surface area contributed by atoms with Gasteiger partial charge in [-0.05, 0) is 13.0 Å². The molecule has 1 aliphatic heterocycles. The zero-order valence-electron chi connectivity index (χ0n) is 9.11. The second-order valence-corrected chi connectivity index (χ2v) is 5.17. The fourth-order valence-corrected chi connectivity index (χ4v) is 2.89. The first kappa shape index (κ1) is 11.0. The van der Waals surface area contributed by atoms with Crippen molar-refractivity contribution in [1.29, 1.82) is 0 Å². The predicted octanol–water partition coefficient (Wildman–Crippen LogP) is 1.68. The number of nitrogens with zero attached hydrogens (tertiary/aromatic N) is 1. The molecule has 1 aromatic rings. The van der Waals surface area contributed by atoms with Crippen molar-refractivity contribution in [1.82, 2.24) is 4.90 Å². The van der Waals surface area contributed by atoms with Crippen molar-refractivity contribution in [2.75, 3.05) is 18.1 Å². The first-order valence-electron chi connectivity index (χ1n) is 5.37. The van der Waals surface area contributed by atoms with E-state index in [2.05, 4.69) is 17.9 Å². The first-order chi connectivity index (χ1) is 7.29. The van der Waals surface area contributed by atoms with Crippen molar-refractivity contribution < 1.29 is 4.42 Å². The Labute approximate surface area is 95.0 Å². The Morgan fingerprint density at radius 1 is 1.67 bits per heavy atom. The summed E-state index contributed by atoms with van der Waals surface area (Å²) in [7, 11) is 0. The highest BCUT2D eigenvalue weighted by atomic mass is 32.2. The third-order valence-electron chi connectivity index (χ3n) is 2.81. The van der Waals surface area contributed by atoms with E-state index in [9.17, 15) is 0 Å². The Morgan fingerprint density at radius 2 is 2.53 bits per heavy atom. The van der Waals surface area contributed by atoms with Crippen LogP contribution in [0.4, 0.5) is 0 Å². The van der Waals surface area contributed by atoms with E-state index < -0.39 is 0 Å². The highest BCUT2D eigenvalue weighted by molar-refractivity contribution is 7.99. The number of hydrogen-bond donors (Lipinski definition) is 1. The Kier molecular flexibility index (Phi) is 3.72. The SMILES string of the molecule is CC1CSCCN1Cc1cc(CN)co1. The van der Waals surface area contributed by atoms with Crippen LogP contribution in [0.15, 0.2) is 16.7 Å². The maximum Gasteiger partial charge on any atom is 0.118 e. The van der Waals surface area contributed by atoms with E-state index in [0.29, 0.717) is 12.6 Å². The molecule has 0 amide bonds. The molecule has 3 nitrogen and oxygen atoms in total. The largest absolute Gasteiger partial charge is 0.468 e. The van der Waals surface area contributed by atoms with Gasteiger partial charge in [-0.3, -0.25) is 4.90 Å².